The van der Waals surface area contributed by atoms with Gasteiger partial charge in [0.25, 0.3) is 0 Å². The molecule has 0 saturated heterocycles. The Bertz CT molecular complexity index is 828. The first-order valence-corrected chi connectivity index (χ1v) is 8.84. The van der Waals surface area contributed by atoms with Crippen molar-refractivity contribution in [2.75, 3.05) is 0 Å². The van der Waals surface area contributed by atoms with Crippen LogP contribution in [0.3, 0.4) is 0 Å². The Morgan fingerprint density at radius 2 is 1.81 bits per heavy atom. The quantitative estimate of drug-likeness (QED) is 0.783. The minimum Gasteiger partial charge on any atom is -0.480 e. The zero-order valence-electron chi connectivity index (χ0n) is 15.0. The number of aromatic nitrogens is 2. The maximum atomic E-state index is 12.6. The number of amides is 1. The summed E-state index contributed by atoms with van der Waals surface area (Å²) in [5.41, 5.74) is 3.07. The Kier molecular flexibility index (Phi) is 6.31. The Balaban J connectivity index is 2.18. The summed E-state index contributed by atoms with van der Waals surface area (Å²) in [6, 6.07) is 3.75. The first-order valence-electron chi connectivity index (χ1n) is 8.08. The van der Waals surface area contributed by atoms with Crippen molar-refractivity contribution < 1.29 is 14.7 Å². The predicted octanol–water partition coefficient (Wildman–Crippen LogP) is 3.26. The predicted molar refractivity (Wildman–Crippen MR) is 101 cm³/mol. The molecular formula is C18H21Cl2N3O3. The van der Waals surface area contributed by atoms with E-state index in [1.54, 1.807) is 36.9 Å². The van der Waals surface area contributed by atoms with Gasteiger partial charge in [-0.05, 0) is 44.5 Å². The molecule has 2 unspecified atom stereocenters. The fourth-order valence-corrected chi connectivity index (χ4v) is 3.58. The van der Waals surface area contributed by atoms with Crippen LogP contribution in [0.2, 0.25) is 10.0 Å². The molecule has 2 atom stereocenters. The molecule has 140 valence electrons. The lowest BCUT2D eigenvalue weighted by Crippen LogP contribution is -2.44. The molecule has 0 aliphatic rings. The molecule has 1 amide bonds. The number of carboxylic acids is 1. The molecule has 6 nitrogen and oxygen atoms in total. The zero-order valence-corrected chi connectivity index (χ0v) is 16.5. The van der Waals surface area contributed by atoms with E-state index in [2.05, 4.69) is 10.4 Å². The highest BCUT2D eigenvalue weighted by atomic mass is 35.5. The molecule has 0 fully saturated rings. The SMILES string of the molecule is Cc1nn(C)c(C)c1C(C)C(=O)NC(Cc1cc(Cl)cc(Cl)c1)C(=O)O. The first-order chi connectivity index (χ1) is 12.1. The van der Waals surface area contributed by atoms with E-state index in [0.29, 0.717) is 15.6 Å². The van der Waals surface area contributed by atoms with Crippen molar-refractivity contribution in [1.82, 2.24) is 15.1 Å². The average Bonchev–Trinajstić information content (AvgIpc) is 2.77. The molecule has 0 aliphatic carbocycles. The number of hydrogen-bond donors (Lipinski definition) is 2. The summed E-state index contributed by atoms with van der Waals surface area (Å²) in [6.45, 7) is 5.44. The van der Waals surface area contributed by atoms with Crippen LogP contribution in [-0.2, 0) is 23.1 Å². The third-order valence-electron chi connectivity index (χ3n) is 4.37. The Hall–Kier alpha value is -2.05. The molecule has 2 rings (SSSR count). The van der Waals surface area contributed by atoms with Gasteiger partial charge in [0.15, 0.2) is 0 Å². The molecule has 26 heavy (non-hydrogen) atoms. The van der Waals surface area contributed by atoms with Gasteiger partial charge in [0.05, 0.1) is 11.6 Å². The van der Waals surface area contributed by atoms with Crippen molar-refractivity contribution in [2.45, 2.75) is 39.2 Å². The average molecular weight is 398 g/mol. The summed E-state index contributed by atoms with van der Waals surface area (Å²) in [6.07, 6.45) is 0.0824. The molecule has 1 aromatic carbocycles. The third-order valence-corrected chi connectivity index (χ3v) is 4.80. The number of benzene rings is 1. The van der Waals surface area contributed by atoms with Gasteiger partial charge >= 0.3 is 5.97 Å². The molecule has 0 radical (unpaired) electrons. The largest absolute Gasteiger partial charge is 0.480 e. The molecule has 1 aromatic heterocycles. The number of aliphatic carboxylic acids is 1. The molecule has 8 heteroatoms. The molecule has 0 saturated carbocycles. The van der Waals surface area contributed by atoms with Crippen LogP contribution in [-0.4, -0.2) is 32.8 Å². The number of aryl methyl sites for hydroxylation is 2. The van der Waals surface area contributed by atoms with Gasteiger partial charge in [-0.1, -0.05) is 23.2 Å². The van der Waals surface area contributed by atoms with Crippen LogP contribution in [0, 0.1) is 13.8 Å². The zero-order chi connectivity index (χ0) is 19.6. The summed E-state index contributed by atoms with van der Waals surface area (Å²) in [7, 11) is 1.80. The number of nitrogens with zero attached hydrogens (tertiary/aromatic N) is 2. The van der Waals surface area contributed by atoms with Crippen molar-refractivity contribution in [3.05, 3.63) is 50.8 Å². The van der Waals surface area contributed by atoms with Gasteiger partial charge in [0, 0.05) is 34.8 Å². The Morgan fingerprint density at radius 1 is 1.23 bits per heavy atom. The lowest BCUT2D eigenvalue weighted by atomic mass is 9.97. The summed E-state index contributed by atoms with van der Waals surface area (Å²) in [5, 5.41) is 17.2. The highest BCUT2D eigenvalue weighted by Gasteiger charge is 2.27. The van der Waals surface area contributed by atoms with Crippen molar-refractivity contribution in [1.29, 1.82) is 0 Å². The summed E-state index contributed by atoms with van der Waals surface area (Å²) < 4.78 is 1.71. The van der Waals surface area contributed by atoms with Gasteiger partial charge < -0.3 is 10.4 Å². The molecule has 0 bridgehead atoms. The van der Waals surface area contributed by atoms with Gasteiger partial charge in [-0.15, -0.1) is 0 Å². The van der Waals surface area contributed by atoms with E-state index in [0.717, 1.165) is 17.0 Å². The summed E-state index contributed by atoms with van der Waals surface area (Å²) in [5.74, 6) is -2.01. The van der Waals surface area contributed by atoms with Crippen molar-refractivity contribution in [3.8, 4) is 0 Å². The normalized spacial score (nSPS) is 13.3. The van der Waals surface area contributed by atoms with E-state index in [-0.39, 0.29) is 12.3 Å². The topological polar surface area (TPSA) is 84.2 Å². The molecule has 0 spiro atoms. The Morgan fingerprint density at radius 3 is 2.27 bits per heavy atom. The summed E-state index contributed by atoms with van der Waals surface area (Å²) >= 11 is 11.9. The smallest absolute Gasteiger partial charge is 0.326 e. The second-order valence-corrected chi connectivity index (χ2v) is 7.18. The standard InChI is InChI=1S/C18H21Cl2N3O3/c1-9(16-10(2)22-23(4)11(16)3)17(24)21-15(18(25)26)7-12-5-13(19)8-14(20)6-12/h5-6,8-9,15H,7H2,1-4H3,(H,21,24)(H,25,26). The van der Waals surface area contributed by atoms with Crippen molar-refractivity contribution >= 4 is 35.1 Å². The maximum absolute atomic E-state index is 12.6. The lowest BCUT2D eigenvalue weighted by molar-refractivity contribution is -0.141. The molecule has 2 aromatic rings. The van der Waals surface area contributed by atoms with Gasteiger partial charge in [-0.3, -0.25) is 9.48 Å². The van der Waals surface area contributed by atoms with Crippen LogP contribution in [0.5, 0.6) is 0 Å². The van der Waals surface area contributed by atoms with E-state index in [9.17, 15) is 14.7 Å². The van der Waals surface area contributed by atoms with Crippen LogP contribution in [0.1, 0.15) is 35.4 Å². The Labute approximate surface area is 162 Å². The van der Waals surface area contributed by atoms with Crippen LogP contribution < -0.4 is 5.32 Å². The fraction of sp³-hybridized carbons (Fsp3) is 0.389. The number of nitrogens with one attached hydrogen (secondary N) is 1. The minimum atomic E-state index is -1.12. The van der Waals surface area contributed by atoms with E-state index >= 15 is 0 Å². The number of carboxylic acid groups (broad SMARTS) is 1. The number of carbonyl (C=O) groups excluding carboxylic acids is 1. The first kappa shape index (κ1) is 20.3. The number of halogens is 2. The van der Waals surface area contributed by atoms with E-state index in [4.69, 9.17) is 23.2 Å². The minimum absolute atomic E-state index is 0.0824. The maximum Gasteiger partial charge on any atom is 0.326 e. The molecule has 0 aliphatic heterocycles. The van der Waals surface area contributed by atoms with Crippen LogP contribution in [0.25, 0.3) is 0 Å². The second-order valence-electron chi connectivity index (χ2n) is 6.31. The molecule has 2 N–H and O–H groups in total. The van der Waals surface area contributed by atoms with Crippen LogP contribution in [0.4, 0.5) is 0 Å². The number of hydrogen-bond acceptors (Lipinski definition) is 3. The van der Waals surface area contributed by atoms with Crippen molar-refractivity contribution in [2.24, 2.45) is 7.05 Å². The number of carbonyl (C=O) groups is 2. The van der Waals surface area contributed by atoms with Crippen molar-refractivity contribution in [3.63, 3.8) is 0 Å². The lowest BCUT2D eigenvalue weighted by Gasteiger charge is -2.19. The van der Waals surface area contributed by atoms with E-state index in [1.165, 1.54) is 0 Å². The molecule has 1 heterocycles. The highest BCUT2D eigenvalue weighted by molar-refractivity contribution is 6.34. The number of rotatable bonds is 6. The van der Waals surface area contributed by atoms with Crippen LogP contribution in [0.15, 0.2) is 18.2 Å². The second kappa shape index (κ2) is 8.10. The molecular weight excluding hydrogens is 377 g/mol. The van der Waals surface area contributed by atoms with E-state index in [1.807, 2.05) is 13.8 Å². The summed E-state index contributed by atoms with van der Waals surface area (Å²) in [4.78, 5) is 24.2. The fourth-order valence-electron chi connectivity index (χ4n) is 3.01. The highest BCUT2D eigenvalue weighted by Crippen LogP contribution is 2.24. The van der Waals surface area contributed by atoms with Gasteiger partial charge in [0.1, 0.15) is 6.04 Å². The third kappa shape index (κ3) is 4.56. The van der Waals surface area contributed by atoms with Crippen LogP contribution >= 0.6 is 23.2 Å². The van der Waals surface area contributed by atoms with Gasteiger partial charge in [-0.25, -0.2) is 4.79 Å². The monoisotopic (exact) mass is 397 g/mol. The van der Waals surface area contributed by atoms with Gasteiger partial charge in [-0.2, -0.15) is 5.10 Å². The van der Waals surface area contributed by atoms with E-state index < -0.39 is 17.9 Å². The van der Waals surface area contributed by atoms with Gasteiger partial charge in [0.2, 0.25) is 5.91 Å².